The molecule has 0 aliphatic rings. The molecule has 0 fully saturated rings. The molecule has 0 aromatic heterocycles. The maximum absolute atomic E-state index is 10.0. The predicted octanol–water partition coefficient (Wildman–Crippen LogP) is 1.98. The average Bonchev–Trinajstić information content (AvgIpc) is 2.25. The van der Waals surface area contributed by atoms with Crippen LogP contribution in [0, 0.1) is 26.4 Å². The fraction of sp³-hybridized carbons (Fsp3) is 0. The summed E-state index contributed by atoms with van der Waals surface area (Å²) in [5.41, 5.74) is 1.25. The van der Waals surface area contributed by atoms with Gasteiger partial charge in [-0.2, -0.15) is 11.6 Å². The molecule has 0 amide bonds. The summed E-state index contributed by atoms with van der Waals surface area (Å²) in [6.45, 7) is 0. The summed E-state index contributed by atoms with van der Waals surface area (Å²) < 4.78 is 0. The van der Waals surface area contributed by atoms with E-state index in [9.17, 15) is 20.2 Å². The summed E-state index contributed by atoms with van der Waals surface area (Å²) in [4.78, 5) is 18.8. The standard InChI is InChI=1S/C10H7N2O4/c13-11(14)7-5-9-1-2-10(4-3-9)6-8-12(15)16/h1-7H/q-1/b7-5+. The molecule has 0 aliphatic carbocycles. The Balaban J connectivity index is 2.75. The van der Waals surface area contributed by atoms with Crippen LogP contribution in [0.4, 0.5) is 0 Å². The molecule has 6 heteroatoms. The van der Waals surface area contributed by atoms with Gasteiger partial charge in [-0.1, -0.05) is 12.1 Å². The van der Waals surface area contributed by atoms with Gasteiger partial charge in [-0.25, -0.2) is 0 Å². The third-order valence-electron chi connectivity index (χ3n) is 1.66. The molecule has 1 aromatic rings. The maximum atomic E-state index is 10.0. The topological polar surface area (TPSA) is 86.3 Å². The van der Waals surface area contributed by atoms with Gasteiger partial charge in [-0.05, 0) is 10.5 Å². The Labute approximate surface area is 90.8 Å². The van der Waals surface area contributed by atoms with Crippen LogP contribution < -0.4 is 0 Å². The minimum absolute atomic E-state index is 0.561. The van der Waals surface area contributed by atoms with Crippen molar-refractivity contribution in [1.82, 2.24) is 0 Å². The summed E-state index contributed by atoms with van der Waals surface area (Å²) >= 11 is 0. The van der Waals surface area contributed by atoms with Crippen LogP contribution in [-0.4, -0.2) is 9.85 Å². The van der Waals surface area contributed by atoms with E-state index in [1.807, 2.05) is 6.20 Å². The molecule has 0 aliphatic heterocycles. The summed E-state index contributed by atoms with van der Waals surface area (Å²) in [6.07, 6.45) is 5.29. The molecule has 82 valence electrons. The second kappa shape index (κ2) is 5.40. The van der Waals surface area contributed by atoms with Gasteiger partial charge in [-0.3, -0.25) is 20.2 Å². The van der Waals surface area contributed by atoms with E-state index in [4.69, 9.17) is 0 Å². The molecule has 0 unspecified atom stereocenters. The number of benzene rings is 1. The number of nitrogens with zero attached hydrogens (tertiary/aromatic N) is 2. The molecule has 1 rings (SSSR count). The Morgan fingerprint density at radius 1 is 1.06 bits per heavy atom. The summed E-state index contributed by atoms with van der Waals surface area (Å²) in [7, 11) is 0. The summed E-state index contributed by atoms with van der Waals surface area (Å²) in [6, 6.07) is 6.45. The first-order chi connectivity index (χ1) is 7.58. The molecule has 0 atom stereocenters. The van der Waals surface area contributed by atoms with E-state index in [1.54, 1.807) is 24.3 Å². The summed E-state index contributed by atoms with van der Waals surface area (Å²) in [5, 5.41) is 20.0. The number of rotatable bonds is 4. The predicted molar refractivity (Wildman–Crippen MR) is 57.2 cm³/mol. The van der Waals surface area contributed by atoms with Crippen molar-refractivity contribution in [3.05, 3.63) is 68.0 Å². The number of hydrogen-bond donors (Lipinski definition) is 0. The lowest BCUT2D eigenvalue weighted by Gasteiger charge is -2.00. The van der Waals surface area contributed by atoms with E-state index in [2.05, 4.69) is 0 Å². The van der Waals surface area contributed by atoms with Gasteiger partial charge in [0.1, 0.15) is 6.20 Å². The van der Waals surface area contributed by atoms with Gasteiger partial charge in [0, 0.05) is 6.08 Å². The van der Waals surface area contributed by atoms with Gasteiger partial charge >= 0.3 is 0 Å². The average molecular weight is 219 g/mol. The zero-order chi connectivity index (χ0) is 12.0. The van der Waals surface area contributed by atoms with Crippen molar-refractivity contribution in [2.24, 2.45) is 0 Å². The maximum Gasteiger partial charge on any atom is 0.235 e. The van der Waals surface area contributed by atoms with Gasteiger partial charge in [0.15, 0.2) is 0 Å². The first kappa shape index (κ1) is 11.6. The smallest absolute Gasteiger partial charge is 0.235 e. The first-order valence-electron chi connectivity index (χ1n) is 4.23. The van der Waals surface area contributed by atoms with E-state index in [0.29, 0.717) is 11.1 Å². The highest BCUT2D eigenvalue weighted by Gasteiger charge is 1.88. The molecule has 1 aromatic carbocycles. The first-order valence-corrected chi connectivity index (χ1v) is 4.23. The van der Waals surface area contributed by atoms with Crippen LogP contribution in [0.1, 0.15) is 11.1 Å². The Morgan fingerprint density at radius 3 is 2.12 bits per heavy atom. The molecule has 0 heterocycles. The van der Waals surface area contributed by atoms with Crippen LogP contribution in [0.15, 0.2) is 30.5 Å². The van der Waals surface area contributed by atoms with Gasteiger partial charge in [0.25, 0.3) is 0 Å². The largest absolute Gasteiger partial charge is 0.278 e. The van der Waals surface area contributed by atoms with Crippen molar-refractivity contribution >= 4 is 12.2 Å². The van der Waals surface area contributed by atoms with Crippen molar-refractivity contribution in [2.45, 2.75) is 0 Å². The van der Waals surface area contributed by atoms with Gasteiger partial charge in [-0.15, -0.1) is 12.1 Å². The van der Waals surface area contributed by atoms with Crippen molar-refractivity contribution in [3.63, 3.8) is 0 Å². The second-order valence-corrected chi connectivity index (χ2v) is 2.80. The zero-order valence-corrected chi connectivity index (χ0v) is 8.07. The van der Waals surface area contributed by atoms with E-state index >= 15 is 0 Å². The van der Waals surface area contributed by atoms with Crippen molar-refractivity contribution in [1.29, 1.82) is 0 Å². The molecule has 0 spiro atoms. The van der Waals surface area contributed by atoms with Crippen LogP contribution >= 0.6 is 0 Å². The lowest BCUT2D eigenvalue weighted by Crippen LogP contribution is -1.84. The highest BCUT2D eigenvalue weighted by Crippen LogP contribution is 2.07. The fourth-order valence-electron chi connectivity index (χ4n) is 0.978. The SMILES string of the molecule is O=[N+]([O-])[C-]=Cc1ccc(/C=C/[N+](=O)[O-])cc1. The fourth-order valence-corrected chi connectivity index (χ4v) is 0.978. The minimum Gasteiger partial charge on any atom is -0.278 e. The second-order valence-electron chi connectivity index (χ2n) is 2.80. The highest BCUT2D eigenvalue weighted by atomic mass is 16.6. The van der Waals surface area contributed by atoms with Crippen LogP contribution in [-0.2, 0) is 0 Å². The molecule has 0 saturated carbocycles. The van der Waals surface area contributed by atoms with E-state index < -0.39 is 9.85 Å². The van der Waals surface area contributed by atoms with Crippen molar-refractivity contribution in [3.8, 4) is 0 Å². The van der Waals surface area contributed by atoms with E-state index in [0.717, 1.165) is 6.20 Å². The monoisotopic (exact) mass is 219 g/mol. The highest BCUT2D eigenvalue weighted by molar-refractivity contribution is 5.53. The zero-order valence-electron chi connectivity index (χ0n) is 8.07. The molecule has 0 N–H and O–H groups in total. The molecular weight excluding hydrogens is 212 g/mol. The summed E-state index contributed by atoms with van der Waals surface area (Å²) in [5.74, 6) is 0. The third kappa shape index (κ3) is 4.14. The Hall–Kier alpha value is -2.50. The van der Waals surface area contributed by atoms with Gasteiger partial charge < -0.3 is 0 Å². The van der Waals surface area contributed by atoms with Crippen LogP contribution in [0.2, 0.25) is 0 Å². The Kier molecular flexibility index (Phi) is 3.90. The Morgan fingerprint density at radius 2 is 1.62 bits per heavy atom. The quantitative estimate of drug-likeness (QED) is 0.335. The van der Waals surface area contributed by atoms with Crippen molar-refractivity contribution in [2.75, 3.05) is 0 Å². The Bertz CT molecular complexity index is 405. The van der Waals surface area contributed by atoms with Crippen LogP contribution in [0.3, 0.4) is 0 Å². The molecule has 0 bridgehead atoms. The lowest BCUT2D eigenvalue weighted by molar-refractivity contribution is -0.417. The third-order valence-corrected chi connectivity index (χ3v) is 1.66. The molecule has 16 heavy (non-hydrogen) atoms. The van der Waals surface area contributed by atoms with Crippen molar-refractivity contribution < 1.29 is 9.85 Å². The van der Waals surface area contributed by atoms with E-state index in [1.165, 1.54) is 12.2 Å². The van der Waals surface area contributed by atoms with Crippen LogP contribution in [0.5, 0.6) is 0 Å². The molecule has 0 radical (unpaired) electrons. The number of nitro groups is 2. The number of hydrogen-bond acceptors (Lipinski definition) is 4. The van der Waals surface area contributed by atoms with Crippen LogP contribution in [0.25, 0.3) is 12.2 Å². The molecule has 0 saturated heterocycles. The van der Waals surface area contributed by atoms with Gasteiger partial charge in [0.05, 0.1) is 4.92 Å². The lowest BCUT2D eigenvalue weighted by atomic mass is 10.1. The van der Waals surface area contributed by atoms with E-state index in [-0.39, 0.29) is 0 Å². The molecular formula is C10H7N2O4-. The normalized spacial score (nSPS) is 11.0. The minimum atomic E-state index is -0.680. The van der Waals surface area contributed by atoms with Gasteiger partial charge in [0.2, 0.25) is 6.20 Å². The molecule has 6 nitrogen and oxygen atoms in total.